The molecule has 1 aliphatic carbocycles. The molecule has 2 N–H and O–H groups in total. The number of nitrogens with one attached hydrogen (secondary N) is 2. The van der Waals surface area contributed by atoms with Gasteiger partial charge in [0.05, 0.1) is 6.54 Å². The summed E-state index contributed by atoms with van der Waals surface area (Å²) in [6.07, 6.45) is 6.69. The number of halogens is 2. The average Bonchev–Trinajstić information content (AvgIpc) is 3.39. The Morgan fingerprint density at radius 3 is 2.61 bits per heavy atom. The van der Waals surface area contributed by atoms with Crippen LogP contribution >= 0.6 is 24.8 Å². The van der Waals surface area contributed by atoms with Crippen molar-refractivity contribution < 1.29 is 9.32 Å². The minimum absolute atomic E-state index is 0. The number of nitrogens with zero attached hydrogens (tertiary/aromatic N) is 3. The molecule has 7 nitrogen and oxygen atoms in total. The SMILES string of the molecule is CCN(CC)Cc1nc(C2(NC(=O)CCC3CCNC3)CCCC2)no1.Cl.Cl. The molecule has 2 heterocycles. The van der Waals surface area contributed by atoms with E-state index < -0.39 is 5.54 Å². The molecular formula is C19H35Cl2N5O2. The van der Waals surface area contributed by atoms with E-state index in [1.165, 1.54) is 6.42 Å². The van der Waals surface area contributed by atoms with Crippen LogP contribution in [0.3, 0.4) is 0 Å². The monoisotopic (exact) mass is 435 g/mol. The zero-order chi connectivity index (χ0) is 18.4. The highest BCUT2D eigenvalue weighted by molar-refractivity contribution is 5.85. The van der Waals surface area contributed by atoms with Crippen LogP contribution in [0.15, 0.2) is 4.52 Å². The Hall–Kier alpha value is -0.890. The van der Waals surface area contributed by atoms with Gasteiger partial charge in [0.1, 0.15) is 5.54 Å². The Morgan fingerprint density at radius 1 is 1.29 bits per heavy atom. The molecule has 1 saturated carbocycles. The molecule has 162 valence electrons. The van der Waals surface area contributed by atoms with Crippen LogP contribution in [0.5, 0.6) is 0 Å². The normalized spacial score (nSPS) is 20.6. The lowest BCUT2D eigenvalue weighted by atomic mass is 9.95. The van der Waals surface area contributed by atoms with E-state index in [4.69, 9.17) is 4.52 Å². The first kappa shape index (κ1) is 25.1. The maximum atomic E-state index is 12.6. The highest BCUT2D eigenvalue weighted by Gasteiger charge is 2.41. The topological polar surface area (TPSA) is 83.3 Å². The molecule has 1 unspecified atom stereocenters. The Labute approximate surface area is 180 Å². The van der Waals surface area contributed by atoms with Gasteiger partial charge in [-0.25, -0.2) is 0 Å². The molecule has 0 spiro atoms. The maximum absolute atomic E-state index is 12.6. The zero-order valence-electron chi connectivity index (χ0n) is 17.0. The predicted molar refractivity (Wildman–Crippen MR) is 114 cm³/mol. The van der Waals surface area contributed by atoms with E-state index in [0.717, 1.165) is 58.3 Å². The van der Waals surface area contributed by atoms with Crippen molar-refractivity contribution >= 4 is 30.7 Å². The van der Waals surface area contributed by atoms with Crippen molar-refractivity contribution in [3.05, 3.63) is 11.7 Å². The molecule has 0 aromatic carbocycles. The fourth-order valence-corrected chi connectivity index (χ4v) is 4.16. The molecule has 2 aliphatic rings. The summed E-state index contributed by atoms with van der Waals surface area (Å²) in [6.45, 7) is 8.93. The van der Waals surface area contributed by atoms with E-state index in [2.05, 4.69) is 39.5 Å². The van der Waals surface area contributed by atoms with Crippen molar-refractivity contribution in [1.29, 1.82) is 0 Å². The molecule has 1 atom stereocenters. The lowest BCUT2D eigenvalue weighted by molar-refractivity contribution is -0.123. The lowest BCUT2D eigenvalue weighted by Crippen LogP contribution is -2.44. The van der Waals surface area contributed by atoms with Crippen LogP contribution in [-0.2, 0) is 16.9 Å². The van der Waals surface area contributed by atoms with Gasteiger partial charge in [-0.2, -0.15) is 4.98 Å². The van der Waals surface area contributed by atoms with Crippen molar-refractivity contribution in [3.8, 4) is 0 Å². The molecule has 1 aromatic heterocycles. The van der Waals surface area contributed by atoms with Gasteiger partial charge < -0.3 is 15.2 Å². The highest BCUT2D eigenvalue weighted by atomic mass is 35.5. The van der Waals surface area contributed by atoms with E-state index in [1.54, 1.807) is 0 Å². The van der Waals surface area contributed by atoms with E-state index in [0.29, 0.717) is 30.6 Å². The summed E-state index contributed by atoms with van der Waals surface area (Å²) >= 11 is 0. The first-order chi connectivity index (χ1) is 12.6. The molecular weight excluding hydrogens is 401 g/mol. The number of carbonyl (C=O) groups excluding carboxylic acids is 1. The lowest BCUT2D eigenvalue weighted by Gasteiger charge is -2.27. The van der Waals surface area contributed by atoms with Crippen molar-refractivity contribution in [1.82, 2.24) is 25.7 Å². The number of hydrogen-bond acceptors (Lipinski definition) is 6. The first-order valence-corrected chi connectivity index (χ1v) is 10.2. The number of hydrogen-bond donors (Lipinski definition) is 2. The molecule has 2 fully saturated rings. The number of amides is 1. The van der Waals surface area contributed by atoms with Gasteiger partial charge >= 0.3 is 0 Å². The van der Waals surface area contributed by atoms with Crippen molar-refractivity contribution in [3.63, 3.8) is 0 Å². The summed E-state index contributed by atoms with van der Waals surface area (Å²) in [4.78, 5) is 19.5. The van der Waals surface area contributed by atoms with Crippen molar-refractivity contribution in [2.45, 2.75) is 70.9 Å². The minimum Gasteiger partial charge on any atom is -0.343 e. The molecule has 1 aliphatic heterocycles. The van der Waals surface area contributed by atoms with E-state index >= 15 is 0 Å². The third-order valence-corrected chi connectivity index (χ3v) is 5.93. The summed E-state index contributed by atoms with van der Waals surface area (Å²) in [7, 11) is 0. The molecule has 28 heavy (non-hydrogen) atoms. The summed E-state index contributed by atoms with van der Waals surface area (Å²) in [5, 5.41) is 10.9. The van der Waals surface area contributed by atoms with Crippen molar-refractivity contribution in [2.75, 3.05) is 26.2 Å². The zero-order valence-corrected chi connectivity index (χ0v) is 18.7. The largest absolute Gasteiger partial charge is 0.343 e. The maximum Gasteiger partial charge on any atom is 0.240 e. The van der Waals surface area contributed by atoms with Gasteiger partial charge in [-0.05, 0) is 57.8 Å². The minimum atomic E-state index is -0.435. The van der Waals surface area contributed by atoms with Crippen LogP contribution in [0, 0.1) is 5.92 Å². The first-order valence-electron chi connectivity index (χ1n) is 10.2. The van der Waals surface area contributed by atoms with Gasteiger partial charge in [-0.1, -0.05) is 31.8 Å². The number of aromatic nitrogens is 2. The molecule has 0 bridgehead atoms. The third-order valence-electron chi connectivity index (χ3n) is 5.93. The van der Waals surface area contributed by atoms with Gasteiger partial charge in [0.2, 0.25) is 11.8 Å². The molecule has 3 rings (SSSR count). The molecule has 0 radical (unpaired) electrons. The van der Waals surface area contributed by atoms with Crippen LogP contribution < -0.4 is 10.6 Å². The van der Waals surface area contributed by atoms with Gasteiger partial charge in [0, 0.05) is 6.42 Å². The molecule has 1 saturated heterocycles. The quantitative estimate of drug-likeness (QED) is 0.619. The Balaban J connectivity index is 0.00000196. The van der Waals surface area contributed by atoms with Crippen molar-refractivity contribution in [2.24, 2.45) is 5.92 Å². The Kier molecular flexibility index (Phi) is 10.7. The van der Waals surface area contributed by atoms with E-state index in [1.807, 2.05) is 0 Å². The predicted octanol–water partition coefficient (Wildman–Crippen LogP) is 3.03. The summed E-state index contributed by atoms with van der Waals surface area (Å²) < 4.78 is 5.50. The summed E-state index contributed by atoms with van der Waals surface area (Å²) in [5.41, 5.74) is -0.435. The third kappa shape index (κ3) is 6.31. The summed E-state index contributed by atoms with van der Waals surface area (Å²) in [5.74, 6) is 2.05. The smallest absolute Gasteiger partial charge is 0.240 e. The fourth-order valence-electron chi connectivity index (χ4n) is 4.16. The van der Waals surface area contributed by atoms with Crippen LogP contribution in [0.4, 0.5) is 0 Å². The van der Waals surface area contributed by atoms with Gasteiger partial charge in [0.25, 0.3) is 0 Å². The molecule has 1 amide bonds. The van der Waals surface area contributed by atoms with E-state index in [-0.39, 0.29) is 30.7 Å². The Bertz CT molecular complexity index is 583. The molecule has 1 aromatic rings. The van der Waals surface area contributed by atoms with Crippen LogP contribution in [0.25, 0.3) is 0 Å². The second-order valence-corrected chi connectivity index (χ2v) is 7.71. The van der Waals surface area contributed by atoms with Gasteiger partial charge in [0.15, 0.2) is 5.82 Å². The second kappa shape index (κ2) is 12.0. The summed E-state index contributed by atoms with van der Waals surface area (Å²) in [6, 6.07) is 0. The van der Waals surface area contributed by atoms with Crippen LogP contribution in [0.2, 0.25) is 0 Å². The van der Waals surface area contributed by atoms with Gasteiger partial charge in [-0.15, -0.1) is 24.8 Å². The van der Waals surface area contributed by atoms with Crippen LogP contribution in [0.1, 0.15) is 70.5 Å². The van der Waals surface area contributed by atoms with E-state index in [9.17, 15) is 4.79 Å². The van der Waals surface area contributed by atoms with Gasteiger partial charge in [-0.3, -0.25) is 9.69 Å². The highest BCUT2D eigenvalue weighted by Crippen LogP contribution is 2.37. The molecule has 9 heteroatoms. The standard InChI is InChI=1S/C19H33N5O2.2ClH/c1-3-24(4-2)14-17-21-18(23-26-17)19(10-5-6-11-19)22-16(25)8-7-15-9-12-20-13-15;;/h15,20H,3-14H2,1-2H3,(H,22,25);2*1H. The fraction of sp³-hybridized carbons (Fsp3) is 0.842. The number of rotatable bonds is 9. The number of carbonyl (C=O) groups is 1. The Morgan fingerprint density at radius 2 is 2.00 bits per heavy atom. The average molecular weight is 436 g/mol. The van der Waals surface area contributed by atoms with Crippen LogP contribution in [-0.4, -0.2) is 47.1 Å². The second-order valence-electron chi connectivity index (χ2n) is 7.71.